The second-order valence-electron chi connectivity index (χ2n) is 4.71. The highest BCUT2D eigenvalue weighted by Gasteiger charge is 2.25. The summed E-state index contributed by atoms with van der Waals surface area (Å²) in [5.41, 5.74) is -0.266. The van der Waals surface area contributed by atoms with Crippen LogP contribution in [-0.2, 0) is 4.74 Å². The Kier molecular flexibility index (Phi) is 4.19. The Labute approximate surface area is 115 Å². The van der Waals surface area contributed by atoms with Gasteiger partial charge in [-0.3, -0.25) is 14.9 Å². The van der Waals surface area contributed by atoms with E-state index in [1.807, 2.05) is 6.92 Å². The van der Waals surface area contributed by atoms with Gasteiger partial charge >= 0.3 is 5.69 Å². The monoisotopic (exact) mass is 280 g/mol. The predicted octanol–water partition coefficient (Wildman–Crippen LogP) is 1.55. The third kappa shape index (κ3) is 2.88. The van der Waals surface area contributed by atoms with Gasteiger partial charge in [0.25, 0.3) is 5.91 Å². The molecular weight excluding hydrogens is 264 g/mol. The van der Waals surface area contributed by atoms with Gasteiger partial charge in [0.15, 0.2) is 5.75 Å². The maximum Gasteiger partial charge on any atom is 0.311 e. The Balaban J connectivity index is 2.28. The van der Waals surface area contributed by atoms with Gasteiger partial charge in [-0.25, -0.2) is 0 Å². The number of amides is 1. The molecule has 1 fully saturated rings. The third-order valence-electron chi connectivity index (χ3n) is 3.37. The number of nitro groups is 1. The third-order valence-corrected chi connectivity index (χ3v) is 3.37. The minimum Gasteiger partial charge on any atom is -0.502 e. The van der Waals surface area contributed by atoms with Gasteiger partial charge in [-0.05, 0) is 25.5 Å². The molecule has 0 bridgehead atoms. The Bertz CT molecular complexity index is 531. The van der Waals surface area contributed by atoms with Crippen LogP contribution in [0.4, 0.5) is 5.69 Å². The first-order chi connectivity index (χ1) is 9.50. The van der Waals surface area contributed by atoms with E-state index in [4.69, 9.17) is 4.74 Å². The lowest BCUT2D eigenvalue weighted by molar-refractivity contribution is -0.385. The van der Waals surface area contributed by atoms with Crippen molar-refractivity contribution in [2.24, 2.45) is 0 Å². The molecule has 1 N–H and O–H groups in total. The maximum atomic E-state index is 12.4. The van der Waals surface area contributed by atoms with Crippen LogP contribution in [0.1, 0.15) is 23.7 Å². The van der Waals surface area contributed by atoms with Crippen LogP contribution in [-0.4, -0.2) is 46.6 Å². The number of ether oxygens (including phenoxy) is 1. The molecule has 7 nitrogen and oxygen atoms in total. The van der Waals surface area contributed by atoms with Gasteiger partial charge in [-0.2, -0.15) is 0 Å². The Morgan fingerprint density at radius 1 is 1.50 bits per heavy atom. The highest BCUT2D eigenvalue weighted by atomic mass is 16.6. The molecule has 0 saturated carbocycles. The summed E-state index contributed by atoms with van der Waals surface area (Å²) in [5.74, 6) is -0.732. The number of phenols is 1. The molecular formula is C13H16N2O5. The molecule has 2 rings (SSSR count). The predicted molar refractivity (Wildman–Crippen MR) is 70.7 cm³/mol. The number of hydrogen-bond acceptors (Lipinski definition) is 5. The standard InChI is InChI=1S/C13H16N2O5/c1-9-4-6-20-7-5-14(9)13(17)10-2-3-12(16)11(8-10)15(18)19/h2-3,8-9,16H,4-7H2,1H3. The zero-order chi connectivity index (χ0) is 14.7. The lowest BCUT2D eigenvalue weighted by Gasteiger charge is -2.26. The molecule has 0 spiro atoms. The van der Waals surface area contributed by atoms with Crippen LogP contribution in [0.15, 0.2) is 18.2 Å². The van der Waals surface area contributed by atoms with Crippen molar-refractivity contribution in [1.29, 1.82) is 0 Å². The largest absolute Gasteiger partial charge is 0.502 e. The van der Waals surface area contributed by atoms with Crippen LogP contribution < -0.4 is 0 Å². The number of benzene rings is 1. The van der Waals surface area contributed by atoms with Crippen molar-refractivity contribution in [3.05, 3.63) is 33.9 Å². The highest BCUT2D eigenvalue weighted by molar-refractivity contribution is 5.95. The van der Waals surface area contributed by atoms with E-state index in [9.17, 15) is 20.0 Å². The summed E-state index contributed by atoms with van der Waals surface area (Å²) in [6.45, 7) is 3.42. The van der Waals surface area contributed by atoms with Crippen LogP contribution in [0.2, 0.25) is 0 Å². The fourth-order valence-corrected chi connectivity index (χ4v) is 2.17. The summed E-state index contributed by atoms with van der Waals surface area (Å²) in [7, 11) is 0. The van der Waals surface area contributed by atoms with Crippen molar-refractivity contribution < 1.29 is 19.6 Å². The first-order valence-electron chi connectivity index (χ1n) is 6.37. The molecule has 1 aliphatic rings. The molecule has 1 heterocycles. The Hall–Kier alpha value is -2.15. The van der Waals surface area contributed by atoms with E-state index >= 15 is 0 Å². The van der Waals surface area contributed by atoms with E-state index in [0.29, 0.717) is 19.8 Å². The molecule has 7 heteroatoms. The van der Waals surface area contributed by atoms with Crippen LogP contribution in [0.3, 0.4) is 0 Å². The minimum atomic E-state index is -0.707. The van der Waals surface area contributed by atoms with Crippen molar-refractivity contribution >= 4 is 11.6 Å². The quantitative estimate of drug-likeness (QED) is 0.655. The number of nitro benzene ring substituents is 1. The second-order valence-corrected chi connectivity index (χ2v) is 4.71. The van der Waals surface area contributed by atoms with Gasteiger partial charge < -0.3 is 14.7 Å². The summed E-state index contributed by atoms with van der Waals surface area (Å²) in [6, 6.07) is 3.68. The summed E-state index contributed by atoms with van der Waals surface area (Å²) in [5, 5.41) is 20.2. The first kappa shape index (κ1) is 14.3. The van der Waals surface area contributed by atoms with E-state index < -0.39 is 16.4 Å². The summed E-state index contributed by atoms with van der Waals surface area (Å²) < 4.78 is 5.32. The fourth-order valence-electron chi connectivity index (χ4n) is 2.17. The molecule has 1 saturated heterocycles. The zero-order valence-electron chi connectivity index (χ0n) is 11.1. The molecule has 0 aliphatic carbocycles. The van der Waals surface area contributed by atoms with Gasteiger partial charge in [0.2, 0.25) is 0 Å². The average Bonchev–Trinajstić information content (AvgIpc) is 2.63. The van der Waals surface area contributed by atoms with E-state index in [1.54, 1.807) is 4.90 Å². The number of nitrogens with zero attached hydrogens (tertiary/aromatic N) is 2. The zero-order valence-corrected chi connectivity index (χ0v) is 11.1. The van der Waals surface area contributed by atoms with E-state index in [2.05, 4.69) is 0 Å². The number of hydrogen-bond donors (Lipinski definition) is 1. The van der Waals surface area contributed by atoms with Crippen molar-refractivity contribution in [3.63, 3.8) is 0 Å². The number of carbonyl (C=O) groups is 1. The van der Waals surface area contributed by atoms with Gasteiger partial charge in [0, 0.05) is 30.8 Å². The number of phenolic OH excluding ortho intramolecular Hbond substituents is 1. The first-order valence-corrected chi connectivity index (χ1v) is 6.37. The summed E-state index contributed by atoms with van der Waals surface area (Å²) >= 11 is 0. The minimum absolute atomic E-state index is 0.0119. The normalized spacial score (nSPS) is 19.4. The van der Waals surface area contributed by atoms with Crippen molar-refractivity contribution in [1.82, 2.24) is 4.90 Å². The van der Waals surface area contributed by atoms with Gasteiger partial charge in [-0.1, -0.05) is 0 Å². The van der Waals surface area contributed by atoms with E-state index in [-0.39, 0.29) is 17.5 Å². The Morgan fingerprint density at radius 2 is 2.25 bits per heavy atom. The van der Waals surface area contributed by atoms with Crippen LogP contribution >= 0.6 is 0 Å². The topological polar surface area (TPSA) is 92.9 Å². The van der Waals surface area contributed by atoms with Crippen LogP contribution in [0.5, 0.6) is 5.75 Å². The SMILES string of the molecule is CC1CCOCCN1C(=O)c1ccc(O)c([N+](=O)[O-])c1. The summed E-state index contributed by atoms with van der Waals surface area (Å²) in [4.78, 5) is 24.1. The van der Waals surface area contributed by atoms with Gasteiger partial charge in [0.1, 0.15) is 0 Å². The second kappa shape index (κ2) is 5.87. The van der Waals surface area contributed by atoms with Crippen LogP contribution in [0.25, 0.3) is 0 Å². The lowest BCUT2D eigenvalue weighted by Crippen LogP contribution is -2.39. The average molecular weight is 280 g/mol. The van der Waals surface area contributed by atoms with Crippen molar-refractivity contribution in [2.75, 3.05) is 19.8 Å². The molecule has 1 unspecified atom stereocenters. The lowest BCUT2D eigenvalue weighted by atomic mass is 10.1. The number of carbonyl (C=O) groups excluding carboxylic acids is 1. The molecule has 0 aromatic heterocycles. The molecule has 1 aromatic rings. The van der Waals surface area contributed by atoms with E-state index in [1.165, 1.54) is 12.1 Å². The van der Waals surface area contributed by atoms with E-state index in [0.717, 1.165) is 12.5 Å². The van der Waals surface area contributed by atoms with Crippen molar-refractivity contribution in [3.8, 4) is 5.75 Å². The molecule has 108 valence electrons. The van der Waals surface area contributed by atoms with Crippen molar-refractivity contribution in [2.45, 2.75) is 19.4 Å². The molecule has 1 aliphatic heterocycles. The molecule has 1 atom stereocenters. The maximum absolute atomic E-state index is 12.4. The molecule has 0 radical (unpaired) electrons. The smallest absolute Gasteiger partial charge is 0.311 e. The number of aromatic hydroxyl groups is 1. The van der Waals surface area contributed by atoms with Gasteiger partial charge in [0.05, 0.1) is 11.5 Å². The molecule has 1 aromatic carbocycles. The summed E-state index contributed by atoms with van der Waals surface area (Å²) in [6.07, 6.45) is 0.728. The highest BCUT2D eigenvalue weighted by Crippen LogP contribution is 2.27. The van der Waals surface area contributed by atoms with Crippen LogP contribution in [0, 0.1) is 10.1 Å². The number of rotatable bonds is 2. The van der Waals surface area contributed by atoms with Gasteiger partial charge in [-0.15, -0.1) is 0 Å². The molecule has 20 heavy (non-hydrogen) atoms. The molecule has 1 amide bonds. The Morgan fingerprint density at radius 3 is 2.95 bits per heavy atom. The fraction of sp³-hybridized carbons (Fsp3) is 0.462.